The van der Waals surface area contributed by atoms with E-state index in [2.05, 4.69) is 205 Å². The predicted octanol–water partition coefficient (Wildman–Crippen LogP) is 16.3. The predicted molar refractivity (Wildman–Crippen MR) is 247 cm³/mol. The van der Waals surface area contributed by atoms with Gasteiger partial charge in [-0.25, -0.2) is 0 Å². The van der Waals surface area contributed by atoms with Crippen LogP contribution in [0.25, 0.3) is 98.8 Å². The van der Waals surface area contributed by atoms with Gasteiger partial charge in [0.15, 0.2) is 0 Å². The molecule has 0 aliphatic rings. The highest BCUT2D eigenvalue weighted by atomic mass is 16.3. The Kier molecular flexibility index (Phi) is 7.54. The molecule has 10 aromatic carbocycles. The zero-order valence-electron chi connectivity index (χ0n) is 32.0. The maximum absolute atomic E-state index is 6.86. The van der Waals surface area contributed by atoms with Gasteiger partial charge in [0.05, 0.1) is 5.69 Å². The summed E-state index contributed by atoms with van der Waals surface area (Å²) >= 11 is 0. The van der Waals surface area contributed by atoms with Gasteiger partial charge in [0, 0.05) is 49.3 Å². The van der Waals surface area contributed by atoms with Crippen molar-refractivity contribution in [2.45, 2.75) is 0 Å². The number of nitrogens with zero attached hydrogens (tertiary/aromatic N) is 1. The first kappa shape index (κ1) is 33.3. The van der Waals surface area contributed by atoms with Crippen molar-refractivity contribution in [3.63, 3.8) is 0 Å². The molecule has 2 heterocycles. The second-order valence-corrected chi connectivity index (χ2v) is 15.2. The van der Waals surface area contributed by atoms with Gasteiger partial charge in [0.2, 0.25) is 0 Å². The van der Waals surface area contributed by atoms with Gasteiger partial charge in [-0.15, -0.1) is 0 Å². The maximum atomic E-state index is 6.86. The SMILES string of the molecule is c1ccc(-c2cccc(N(c3ccc(-c4cccc5c4oc4ccccc45)cc3)c3cc4c(oc5cccc(-c6cccc7ccccc67)c54)c4ccccc34)c2)cc1. The van der Waals surface area contributed by atoms with E-state index in [9.17, 15) is 0 Å². The fourth-order valence-electron chi connectivity index (χ4n) is 9.15. The zero-order valence-corrected chi connectivity index (χ0v) is 32.0. The van der Waals surface area contributed by atoms with E-state index in [1.54, 1.807) is 0 Å². The van der Waals surface area contributed by atoms with E-state index in [4.69, 9.17) is 8.83 Å². The smallest absolute Gasteiger partial charge is 0.143 e. The molecule has 0 bridgehead atoms. The van der Waals surface area contributed by atoms with Crippen LogP contribution in [-0.2, 0) is 0 Å². The molecular weight excluding hydrogens is 719 g/mol. The highest BCUT2D eigenvalue weighted by Gasteiger charge is 2.23. The van der Waals surface area contributed by atoms with E-state index in [1.807, 2.05) is 12.1 Å². The van der Waals surface area contributed by atoms with Crippen LogP contribution < -0.4 is 4.90 Å². The highest BCUT2D eigenvalue weighted by Crippen LogP contribution is 2.48. The molecule has 2 aromatic heterocycles. The monoisotopic (exact) mass is 753 g/mol. The van der Waals surface area contributed by atoms with Gasteiger partial charge >= 0.3 is 0 Å². The van der Waals surface area contributed by atoms with Crippen LogP contribution >= 0.6 is 0 Å². The van der Waals surface area contributed by atoms with E-state index in [1.165, 1.54) is 21.9 Å². The number of hydrogen-bond acceptors (Lipinski definition) is 3. The van der Waals surface area contributed by atoms with Crippen molar-refractivity contribution in [1.29, 1.82) is 0 Å². The van der Waals surface area contributed by atoms with Gasteiger partial charge in [-0.05, 0) is 81.1 Å². The number of hydrogen-bond donors (Lipinski definition) is 0. The summed E-state index contributed by atoms with van der Waals surface area (Å²) in [6.07, 6.45) is 0. The maximum Gasteiger partial charge on any atom is 0.143 e. The lowest BCUT2D eigenvalue weighted by atomic mass is 9.93. The molecule has 3 heteroatoms. The van der Waals surface area contributed by atoms with Gasteiger partial charge < -0.3 is 13.7 Å². The molecule has 3 nitrogen and oxygen atoms in total. The lowest BCUT2D eigenvalue weighted by molar-refractivity contribution is 0.670. The van der Waals surface area contributed by atoms with E-state index >= 15 is 0 Å². The second-order valence-electron chi connectivity index (χ2n) is 15.2. The minimum atomic E-state index is 0.870. The second kappa shape index (κ2) is 13.4. The average Bonchev–Trinajstić information content (AvgIpc) is 3.89. The van der Waals surface area contributed by atoms with Crippen LogP contribution in [0, 0.1) is 0 Å². The molecule has 0 radical (unpaired) electrons. The number of rotatable bonds is 6. The van der Waals surface area contributed by atoms with Gasteiger partial charge in [0.25, 0.3) is 0 Å². The van der Waals surface area contributed by atoms with Crippen molar-refractivity contribution < 1.29 is 8.83 Å². The molecule has 0 aliphatic heterocycles. The molecule has 0 saturated heterocycles. The fraction of sp³-hybridized carbons (Fsp3) is 0. The molecule has 0 amide bonds. The number of furan rings is 2. The first-order valence-corrected chi connectivity index (χ1v) is 20.1. The Labute approximate surface area is 340 Å². The van der Waals surface area contributed by atoms with Crippen LogP contribution in [0.1, 0.15) is 0 Å². The van der Waals surface area contributed by atoms with Crippen molar-refractivity contribution >= 4 is 82.5 Å². The Balaban J connectivity index is 1.10. The lowest BCUT2D eigenvalue weighted by Gasteiger charge is -2.28. The molecule has 0 spiro atoms. The number of anilines is 3. The molecule has 0 saturated carbocycles. The number of fused-ring (bicyclic) bond motifs is 9. The van der Waals surface area contributed by atoms with Crippen molar-refractivity contribution in [2.75, 3.05) is 4.90 Å². The summed E-state index contributed by atoms with van der Waals surface area (Å²) in [6, 6.07) is 75.7. The van der Waals surface area contributed by atoms with Gasteiger partial charge in [-0.2, -0.15) is 0 Å². The summed E-state index contributed by atoms with van der Waals surface area (Å²) in [4.78, 5) is 2.40. The first-order valence-electron chi connectivity index (χ1n) is 20.1. The van der Waals surface area contributed by atoms with Crippen molar-refractivity contribution in [3.05, 3.63) is 212 Å². The minimum Gasteiger partial charge on any atom is -0.455 e. The Morgan fingerprint density at radius 3 is 1.78 bits per heavy atom. The van der Waals surface area contributed by atoms with E-state index in [0.717, 1.165) is 94.0 Å². The van der Waals surface area contributed by atoms with Crippen LogP contribution in [0.5, 0.6) is 0 Å². The van der Waals surface area contributed by atoms with Crippen LogP contribution in [-0.4, -0.2) is 0 Å². The Morgan fingerprint density at radius 2 is 0.898 bits per heavy atom. The van der Waals surface area contributed by atoms with Crippen molar-refractivity contribution in [2.24, 2.45) is 0 Å². The summed E-state index contributed by atoms with van der Waals surface area (Å²) in [6.45, 7) is 0. The van der Waals surface area contributed by atoms with Gasteiger partial charge in [0.1, 0.15) is 22.3 Å². The molecule has 59 heavy (non-hydrogen) atoms. The molecule has 0 atom stereocenters. The Bertz CT molecular complexity index is 3550. The third kappa shape index (κ3) is 5.36. The molecular formula is C56H35NO2. The summed E-state index contributed by atoms with van der Waals surface area (Å²) in [7, 11) is 0. The van der Waals surface area contributed by atoms with E-state index in [0.29, 0.717) is 0 Å². The third-order valence-electron chi connectivity index (χ3n) is 11.9. The van der Waals surface area contributed by atoms with Gasteiger partial charge in [-0.1, -0.05) is 170 Å². The van der Waals surface area contributed by atoms with Crippen LogP contribution in [0.3, 0.4) is 0 Å². The zero-order chi connectivity index (χ0) is 38.9. The van der Waals surface area contributed by atoms with Crippen molar-refractivity contribution in [3.8, 4) is 33.4 Å². The third-order valence-corrected chi connectivity index (χ3v) is 11.9. The lowest BCUT2D eigenvalue weighted by Crippen LogP contribution is -2.10. The summed E-state index contributed by atoms with van der Waals surface area (Å²) < 4.78 is 13.3. The van der Waals surface area contributed by atoms with Crippen LogP contribution in [0.2, 0.25) is 0 Å². The first-order chi connectivity index (χ1) is 29.3. The molecule has 0 fully saturated rings. The summed E-state index contributed by atoms with van der Waals surface area (Å²) in [5, 5.41) is 9.04. The molecule has 276 valence electrons. The number of para-hydroxylation sites is 2. The molecule has 0 unspecified atom stereocenters. The normalized spacial score (nSPS) is 11.7. The molecule has 0 N–H and O–H groups in total. The number of benzene rings is 10. The van der Waals surface area contributed by atoms with Gasteiger partial charge in [-0.3, -0.25) is 0 Å². The standard InChI is InChI=1S/C56H35NO2/c1-2-14-36(15-3-1)39-18-10-19-41(34-39)57(40-32-30-38(31-33-40)43-24-12-27-49-46-22-8-9-28-52(46)58-55(43)49)51-35-50-54-47(44-25-11-17-37-16-4-5-20-42(37)44)26-13-29-53(54)59-56(50)48-23-7-6-21-45(48)51/h1-35H. The van der Waals surface area contributed by atoms with Crippen LogP contribution in [0.15, 0.2) is 221 Å². The minimum absolute atomic E-state index is 0.870. The van der Waals surface area contributed by atoms with E-state index in [-0.39, 0.29) is 0 Å². The topological polar surface area (TPSA) is 29.5 Å². The molecule has 12 aromatic rings. The Morgan fingerprint density at radius 1 is 0.305 bits per heavy atom. The highest BCUT2D eigenvalue weighted by molar-refractivity contribution is 6.23. The van der Waals surface area contributed by atoms with Crippen molar-refractivity contribution in [1.82, 2.24) is 0 Å². The van der Waals surface area contributed by atoms with Crippen LogP contribution in [0.4, 0.5) is 17.1 Å². The summed E-state index contributed by atoms with van der Waals surface area (Å²) in [5.41, 5.74) is 13.6. The van der Waals surface area contributed by atoms with E-state index < -0.39 is 0 Å². The molecule has 0 aliphatic carbocycles. The fourth-order valence-corrected chi connectivity index (χ4v) is 9.15. The average molecular weight is 754 g/mol. The molecule has 12 rings (SSSR count). The summed E-state index contributed by atoms with van der Waals surface area (Å²) in [5.74, 6) is 0. The largest absolute Gasteiger partial charge is 0.455 e. The Hall–Kier alpha value is -7.88. The quantitative estimate of drug-likeness (QED) is 0.169.